The largest absolute Gasteiger partial charge is 0.497 e. The number of ether oxygens (including phenoxy) is 6. The number of halogens is 3. The second-order valence-corrected chi connectivity index (χ2v) is 13.2. The summed E-state index contributed by atoms with van der Waals surface area (Å²) in [6, 6.07) is 36.3. The molecule has 60 heavy (non-hydrogen) atoms. The van der Waals surface area contributed by atoms with Crippen LogP contribution < -0.4 is 4.74 Å². The Morgan fingerprint density at radius 1 is 0.567 bits per heavy atom. The molecule has 2 heterocycles. The molecule has 5 atom stereocenters. The maximum absolute atomic E-state index is 14.5. The van der Waals surface area contributed by atoms with Crippen LogP contribution in [-0.2, 0) is 30.2 Å². The molecule has 7 rings (SSSR count). The molecule has 0 spiro atoms. The van der Waals surface area contributed by atoms with Crippen LogP contribution in [0.5, 0.6) is 5.75 Å². The van der Waals surface area contributed by atoms with Gasteiger partial charge in [0.2, 0.25) is 12.4 Å². The smallest absolute Gasteiger partial charge is 0.406 e. The zero-order valence-corrected chi connectivity index (χ0v) is 31.5. The van der Waals surface area contributed by atoms with Gasteiger partial charge in [0.25, 0.3) is 0 Å². The van der Waals surface area contributed by atoms with Crippen molar-refractivity contribution < 1.29 is 60.8 Å². The Kier molecular flexibility index (Phi) is 12.3. The maximum atomic E-state index is 14.5. The summed E-state index contributed by atoms with van der Waals surface area (Å²) >= 11 is 0. The van der Waals surface area contributed by atoms with Crippen LogP contribution in [0.25, 0.3) is 11.4 Å². The molecule has 1 aromatic heterocycles. The lowest BCUT2D eigenvalue weighted by Gasteiger charge is -2.43. The minimum absolute atomic E-state index is 0.00155. The van der Waals surface area contributed by atoms with E-state index in [4.69, 9.17) is 28.4 Å². The van der Waals surface area contributed by atoms with Gasteiger partial charge in [-0.25, -0.2) is 19.2 Å². The van der Waals surface area contributed by atoms with Gasteiger partial charge in [0.15, 0.2) is 30.0 Å². The van der Waals surface area contributed by atoms with Crippen molar-refractivity contribution in [1.29, 1.82) is 0 Å². The molecule has 0 bridgehead atoms. The molecule has 0 radical (unpaired) electrons. The molecular formula is C44H34F3N3O10. The number of hydrogen-bond donors (Lipinski definition) is 0. The van der Waals surface area contributed by atoms with Gasteiger partial charge in [-0.3, -0.25) is 4.57 Å². The molecule has 3 unspecified atom stereocenters. The van der Waals surface area contributed by atoms with Gasteiger partial charge in [-0.1, -0.05) is 72.8 Å². The van der Waals surface area contributed by atoms with E-state index in [0.29, 0.717) is 10.3 Å². The SMILES string of the molecule is COc1ccc(-c2nnc(C3OC(OC(=O)c4ccccc4)[C@@H](OC(=O)c4ccccc4)C(OC(=O)c4ccccc4)[C@@H]3OC(=O)c3ccccc3)n2CC(F)(F)F)cc1. The predicted molar refractivity (Wildman–Crippen MR) is 204 cm³/mol. The first-order chi connectivity index (χ1) is 29.0. The molecule has 306 valence electrons. The van der Waals surface area contributed by atoms with Gasteiger partial charge in [-0.2, -0.15) is 13.2 Å². The molecule has 1 aliphatic rings. The lowest BCUT2D eigenvalue weighted by atomic mass is 9.96. The van der Waals surface area contributed by atoms with Crippen LogP contribution in [0, 0.1) is 0 Å². The first-order valence-electron chi connectivity index (χ1n) is 18.3. The molecule has 0 aliphatic carbocycles. The predicted octanol–water partition coefficient (Wildman–Crippen LogP) is 7.45. The molecule has 1 saturated heterocycles. The van der Waals surface area contributed by atoms with Crippen LogP contribution in [0.1, 0.15) is 53.4 Å². The summed E-state index contributed by atoms with van der Waals surface area (Å²) in [7, 11) is 1.42. The van der Waals surface area contributed by atoms with Gasteiger partial charge in [0, 0.05) is 5.56 Å². The zero-order valence-electron chi connectivity index (χ0n) is 31.5. The summed E-state index contributed by atoms with van der Waals surface area (Å²) in [6.07, 6.45) is -14.6. The molecule has 0 N–H and O–H groups in total. The Balaban J connectivity index is 1.42. The number of nitrogens with zero attached hydrogens (tertiary/aromatic N) is 3. The number of carbonyl (C=O) groups is 4. The van der Waals surface area contributed by atoms with Crippen LogP contribution in [0.3, 0.4) is 0 Å². The third-order valence-electron chi connectivity index (χ3n) is 9.20. The normalized spacial score (nSPS) is 18.8. The van der Waals surface area contributed by atoms with Crippen molar-refractivity contribution in [3.63, 3.8) is 0 Å². The molecular weight excluding hydrogens is 787 g/mol. The Hall–Kier alpha value is -7.33. The zero-order chi connectivity index (χ0) is 42.2. The van der Waals surface area contributed by atoms with E-state index in [1.54, 1.807) is 72.8 Å². The topological polar surface area (TPSA) is 154 Å². The molecule has 16 heteroatoms. The molecule has 0 amide bonds. The summed E-state index contributed by atoms with van der Waals surface area (Å²) < 4.78 is 79.7. The van der Waals surface area contributed by atoms with E-state index in [9.17, 15) is 32.3 Å². The fraction of sp³-hybridized carbons (Fsp3) is 0.182. The van der Waals surface area contributed by atoms with Gasteiger partial charge in [-0.15, -0.1) is 10.2 Å². The molecule has 1 fully saturated rings. The quantitative estimate of drug-likeness (QED) is 0.0890. The lowest BCUT2D eigenvalue weighted by Crippen LogP contribution is -2.60. The number of rotatable bonds is 12. The number of alkyl halides is 3. The van der Waals surface area contributed by atoms with Crippen molar-refractivity contribution in [2.45, 2.75) is 43.4 Å². The van der Waals surface area contributed by atoms with Gasteiger partial charge in [0.1, 0.15) is 12.3 Å². The average molecular weight is 822 g/mol. The third-order valence-corrected chi connectivity index (χ3v) is 9.20. The van der Waals surface area contributed by atoms with Gasteiger partial charge >= 0.3 is 30.1 Å². The molecule has 6 aromatic rings. The van der Waals surface area contributed by atoms with E-state index in [1.807, 2.05) is 0 Å². The van der Waals surface area contributed by atoms with E-state index in [-0.39, 0.29) is 33.6 Å². The van der Waals surface area contributed by atoms with E-state index in [1.165, 1.54) is 79.9 Å². The van der Waals surface area contributed by atoms with Crippen molar-refractivity contribution in [3.8, 4) is 17.1 Å². The fourth-order valence-corrected chi connectivity index (χ4v) is 6.36. The minimum Gasteiger partial charge on any atom is -0.497 e. The van der Waals surface area contributed by atoms with E-state index in [0.717, 1.165) is 0 Å². The van der Waals surface area contributed by atoms with Crippen molar-refractivity contribution in [1.82, 2.24) is 14.8 Å². The van der Waals surface area contributed by atoms with Crippen molar-refractivity contribution in [3.05, 3.63) is 174 Å². The Morgan fingerprint density at radius 2 is 0.983 bits per heavy atom. The molecule has 13 nitrogen and oxygen atoms in total. The number of hydrogen-bond acceptors (Lipinski definition) is 12. The second-order valence-electron chi connectivity index (χ2n) is 13.2. The van der Waals surface area contributed by atoms with Crippen molar-refractivity contribution in [2.24, 2.45) is 0 Å². The maximum Gasteiger partial charge on any atom is 0.406 e. The number of esters is 4. The standard InChI is InChI=1S/C44H34F3N3O10/c1-55-32-24-22-27(23-25-32)37-48-49-38(50(37)26-44(45,46)47)35-33(56-39(51)28-14-6-2-7-15-28)34(57-40(52)29-16-8-3-9-17-29)36(58-41(53)30-18-10-4-11-19-30)43(59-35)60-42(54)31-20-12-5-13-21-31/h2-25,33-36,43H,26H2,1H3/t33-,34?,35?,36-,43?/m0/s1. The van der Waals surface area contributed by atoms with Crippen molar-refractivity contribution >= 4 is 23.9 Å². The first-order valence-corrected chi connectivity index (χ1v) is 18.3. The van der Waals surface area contributed by atoms with Crippen LogP contribution in [0.15, 0.2) is 146 Å². The summed E-state index contributed by atoms with van der Waals surface area (Å²) in [5, 5.41) is 8.23. The third kappa shape index (κ3) is 9.51. The van der Waals surface area contributed by atoms with Crippen LogP contribution in [-0.4, -0.2) is 76.5 Å². The fourth-order valence-electron chi connectivity index (χ4n) is 6.36. The Labute approximate surface area is 340 Å². The monoisotopic (exact) mass is 821 g/mol. The number of aromatic nitrogens is 3. The number of methoxy groups -OCH3 is 1. The number of carbonyl (C=O) groups excluding carboxylic acids is 4. The van der Waals surface area contributed by atoms with Gasteiger partial charge in [0.05, 0.1) is 29.4 Å². The highest BCUT2D eigenvalue weighted by molar-refractivity contribution is 5.92. The molecule has 1 aliphatic heterocycles. The average Bonchev–Trinajstić information content (AvgIpc) is 3.67. The number of benzene rings is 5. The van der Waals surface area contributed by atoms with E-state index >= 15 is 0 Å². The second kappa shape index (κ2) is 18.1. The van der Waals surface area contributed by atoms with E-state index in [2.05, 4.69) is 10.2 Å². The van der Waals surface area contributed by atoms with Crippen LogP contribution in [0.2, 0.25) is 0 Å². The highest BCUT2D eigenvalue weighted by Crippen LogP contribution is 2.40. The summed E-state index contributed by atoms with van der Waals surface area (Å²) in [4.78, 5) is 55.4. The lowest BCUT2D eigenvalue weighted by molar-refractivity contribution is -0.283. The van der Waals surface area contributed by atoms with Crippen molar-refractivity contribution in [2.75, 3.05) is 7.11 Å². The summed E-state index contributed by atoms with van der Waals surface area (Å²) in [6.45, 7) is -1.68. The van der Waals surface area contributed by atoms with Gasteiger partial charge in [-0.05, 0) is 72.8 Å². The summed E-state index contributed by atoms with van der Waals surface area (Å²) in [5.41, 5.74) is 0.217. The van der Waals surface area contributed by atoms with Gasteiger partial charge < -0.3 is 28.4 Å². The Bertz CT molecular complexity index is 2420. The van der Waals surface area contributed by atoms with Crippen LogP contribution >= 0.6 is 0 Å². The van der Waals surface area contributed by atoms with Crippen LogP contribution in [0.4, 0.5) is 13.2 Å². The molecule has 0 saturated carbocycles. The minimum atomic E-state index is -4.88. The summed E-state index contributed by atoms with van der Waals surface area (Å²) in [5.74, 6) is -4.50. The molecule has 5 aromatic carbocycles. The highest BCUT2D eigenvalue weighted by atomic mass is 19.4. The Morgan fingerprint density at radius 3 is 1.42 bits per heavy atom. The first kappa shape index (κ1) is 40.9. The van der Waals surface area contributed by atoms with E-state index < -0.39 is 73.1 Å². The highest BCUT2D eigenvalue weighted by Gasteiger charge is 2.56.